The Balaban J connectivity index is 1.81. The number of carbonyl (C=O) groups is 1. The van der Waals surface area contributed by atoms with Crippen LogP contribution >= 0.6 is 11.6 Å². The van der Waals surface area contributed by atoms with Crippen molar-refractivity contribution >= 4 is 40.6 Å². The molecule has 1 aromatic carbocycles. The summed E-state index contributed by atoms with van der Waals surface area (Å²) in [6, 6.07) is 2.95. The molecule has 0 saturated carbocycles. The molecule has 1 aliphatic rings. The zero-order valence-electron chi connectivity index (χ0n) is 15.5. The number of anilines is 4. The number of hydrogen-bond donors (Lipinski definition) is 2. The molecule has 1 aromatic heterocycles. The fourth-order valence-corrected chi connectivity index (χ4v) is 3.32. The van der Waals surface area contributed by atoms with E-state index in [1.807, 2.05) is 4.90 Å². The van der Waals surface area contributed by atoms with Gasteiger partial charge in [-0.3, -0.25) is 4.79 Å². The lowest BCUT2D eigenvalue weighted by Gasteiger charge is -2.32. The summed E-state index contributed by atoms with van der Waals surface area (Å²) in [7, 11) is 1.36. The number of rotatable bonds is 4. The van der Waals surface area contributed by atoms with E-state index < -0.39 is 11.7 Å². The maximum absolute atomic E-state index is 13.0. The standard InChI is InChI=1S/C18H19ClF3N5O2/c1-29-17(28)10-4-6-27(7-5-10)16-14(23)15(24-9-25-16)26-13-8-11(18(20,21)22)2-3-12(13)19/h2-3,8-10H,4-7,23H2,1H3,(H,24,25,26). The average Bonchev–Trinajstić information content (AvgIpc) is 2.70. The SMILES string of the molecule is COC(=O)C1CCN(c2ncnc(Nc3cc(C(F)(F)F)ccc3Cl)c2N)CC1. The van der Waals surface area contributed by atoms with Gasteiger partial charge in [0.25, 0.3) is 0 Å². The van der Waals surface area contributed by atoms with E-state index >= 15 is 0 Å². The molecule has 3 rings (SSSR count). The first-order valence-electron chi connectivity index (χ1n) is 8.77. The van der Waals surface area contributed by atoms with Crippen molar-refractivity contribution in [2.75, 3.05) is 36.1 Å². The van der Waals surface area contributed by atoms with Crippen LogP contribution in [0.4, 0.5) is 36.2 Å². The summed E-state index contributed by atoms with van der Waals surface area (Å²) in [5, 5.41) is 2.85. The first-order valence-corrected chi connectivity index (χ1v) is 9.15. The van der Waals surface area contributed by atoms with Gasteiger partial charge in [0.1, 0.15) is 12.0 Å². The van der Waals surface area contributed by atoms with Crippen LogP contribution in [0.15, 0.2) is 24.5 Å². The molecule has 7 nitrogen and oxygen atoms in total. The van der Waals surface area contributed by atoms with Gasteiger partial charge in [0.15, 0.2) is 11.6 Å². The van der Waals surface area contributed by atoms with Crippen LogP contribution in [0.3, 0.4) is 0 Å². The van der Waals surface area contributed by atoms with E-state index in [-0.39, 0.29) is 34.1 Å². The summed E-state index contributed by atoms with van der Waals surface area (Å²) in [6.07, 6.45) is -2.08. The molecule has 11 heteroatoms. The first-order chi connectivity index (χ1) is 13.7. The summed E-state index contributed by atoms with van der Waals surface area (Å²) in [6.45, 7) is 1.06. The molecule has 0 radical (unpaired) electrons. The number of hydrogen-bond acceptors (Lipinski definition) is 7. The van der Waals surface area contributed by atoms with E-state index in [0.717, 1.165) is 18.2 Å². The van der Waals surface area contributed by atoms with Crippen molar-refractivity contribution in [1.82, 2.24) is 9.97 Å². The van der Waals surface area contributed by atoms with Crippen LogP contribution in [0.5, 0.6) is 0 Å². The van der Waals surface area contributed by atoms with Crippen LogP contribution in [0.2, 0.25) is 5.02 Å². The Morgan fingerprint density at radius 1 is 1.31 bits per heavy atom. The monoisotopic (exact) mass is 429 g/mol. The minimum absolute atomic E-state index is 0.0299. The number of alkyl halides is 3. The second kappa shape index (κ2) is 8.32. The highest BCUT2D eigenvalue weighted by Gasteiger charge is 2.31. The lowest BCUT2D eigenvalue weighted by molar-refractivity contribution is -0.146. The molecule has 1 aliphatic heterocycles. The quantitative estimate of drug-likeness (QED) is 0.712. The van der Waals surface area contributed by atoms with Crippen molar-refractivity contribution in [1.29, 1.82) is 0 Å². The Hall–Kier alpha value is -2.75. The summed E-state index contributed by atoms with van der Waals surface area (Å²) in [5.41, 5.74) is 5.53. The van der Waals surface area contributed by atoms with Gasteiger partial charge < -0.3 is 20.7 Å². The third-order valence-corrected chi connectivity index (χ3v) is 5.07. The molecular formula is C18H19ClF3N5O2. The predicted molar refractivity (Wildman–Crippen MR) is 103 cm³/mol. The molecule has 3 N–H and O–H groups in total. The lowest BCUT2D eigenvalue weighted by atomic mass is 9.97. The number of halogens is 4. The first kappa shape index (κ1) is 21.0. The summed E-state index contributed by atoms with van der Waals surface area (Å²) in [5.74, 6) is 0.155. The van der Waals surface area contributed by atoms with E-state index in [2.05, 4.69) is 15.3 Å². The van der Waals surface area contributed by atoms with Gasteiger partial charge in [-0.05, 0) is 31.0 Å². The van der Waals surface area contributed by atoms with Gasteiger partial charge in [0, 0.05) is 13.1 Å². The molecule has 1 fully saturated rings. The van der Waals surface area contributed by atoms with E-state index in [1.54, 1.807) is 0 Å². The molecule has 0 bridgehead atoms. The van der Waals surface area contributed by atoms with Gasteiger partial charge in [-0.15, -0.1) is 0 Å². The van der Waals surface area contributed by atoms with E-state index in [9.17, 15) is 18.0 Å². The van der Waals surface area contributed by atoms with E-state index in [0.29, 0.717) is 31.7 Å². The number of nitrogens with one attached hydrogen (secondary N) is 1. The zero-order chi connectivity index (χ0) is 21.2. The molecule has 1 saturated heterocycles. The number of piperidine rings is 1. The van der Waals surface area contributed by atoms with Crippen LogP contribution < -0.4 is 16.0 Å². The van der Waals surface area contributed by atoms with Crippen molar-refractivity contribution in [3.8, 4) is 0 Å². The number of esters is 1. The molecule has 2 aromatic rings. The minimum atomic E-state index is -4.51. The van der Waals surface area contributed by atoms with Gasteiger partial charge in [0.05, 0.1) is 29.3 Å². The fraction of sp³-hybridized carbons (Fsp3) is 0.389. The van der Waals surface area contributed by atoms with Gasteiger partial charge in [-0.25, -0.2) is 9.97 Å². The maximum atomic E-state index is 13.0. The lowest BCUT2D eigenvalue weighted by Crippen LogP contribution is -2.37. The van der Waals surface area contributed by atoms with Crippen LogP contribution in [-0.2, 0) is 15.7 Å². The number of nitrogen functional groups attached to an aromatic ring is 1. The topological polar surface area (TPSA) is 93.4 Å². The highest BCUT2D eigenvalue weighted by molar-refractivity contribution is 6.33. The van der Waals surface area contributed by atoms with Crippen LogP contribution in [0.1, 0.15) is 18.4 Å². The predicted octanol–water partition coefficient (Wildman–Crippen LogP) is 3.86. The third kappa shape index (κ3) is 4.64. The molecule has 2 heterocycles. The van der Waals surface area contributed by atoms with Crippen LogP contribution in [0.25, 0.3) is 0 Å². The molecule has 0 unspecified atom stereocenters. The third-order valence-electron chi connectivity index (χ3n) is 4.74. The molecule has 29 heavy (non-hydrogen) atoms. The van der Waals surface area contributed by atoms with Gasteiger partial charge in [0.2, 0.25) is 0 Å². The van der Waals surface area contributed by atoms with E-state index in [4.69, 9.17) is 22.1 Å². The summed E-state index contributed by atoms with van der Waals surface area (Å²) in [4.78, 5) is 21.8. The summed E-state index contributed by atoms with van der Waals surface area (Å²) >= 11 is 6.03. The maximum Gasteiger partial charge on any atom is 0.416 e. The van der Waals surface area contributed by atoms with Gasteiger partial charge in [-0.2, -0.15) is 13.2 Å². The molecule has 156 valence electrons. The highest BCUT2D eigenvalue weighted by atomic mass is 35.5. The Morgan fingerprint density at radius 2 is 2.00 bits per heavy atom. The van der Waals surface area contributed by atoms with Crippen molar-refractivity contribution in [2.24, 2.45) is 5.92 Å². The smallest absolute Gasteiger partial charge is 0.416 e. The van der Waals surface area contributed by atoms with Crippen molar-refractivity contribution in [3.05, 3.63) is 35.1 Å². The van der Waals surface area contributed by atoms with Gasteiger partial charge in [-0.1, -0.05) is 11.6 Å². The van der Waals surface area contributed by atoms with Gasteiger partial charge >= 0.3 is 12.1 Å². The highest BCUT2D eigenvalue weighted by Crippen LogP contribution is 2.37. The Kier molecular flexibility index (Phi) is 6.02. The normalized spacial score (nSPS) is 15.3. The molecule has 0 spiro atoms. The van der Waals surface area contributed by atoms with Crippen molar-refractivity contribution in [3.63, 3.8) is 0 Å². The minimum Gasteiger partial charge on any atom is -0.469 e. The number of ether oxygens (including phenoxy) is 1. The second-order valence-corrected chi connectivity index (χ2v) is 6.97. The number of methoxy groups -OCH3 is 1. The number of nitrogens with two attached hydrogens (primary N) is 1. The van der Waals surface area contributed by atoms with Crippen molar-refractivity contribution < 1.29 is 22.7 Å². The number of carbonyl (C=O) groups excluding carboxylic acids is 1. The number of aromatic nitrogens is 2. The number of benzene rings is 1. The Morgan fingerprint density at radius 3 is 2.62 bits per heavy atom. The Labute approximate surface area is 170 Å². The molecule has 0 aliphatic carbocycles. The zero-order valence-corrected chi connectivity index (χ0v) is 16.2. The molecule has 0 amide bonds. The van der Waals surface area contributed by atoms with Crippen molar-refractivity contribution in [2.45, 2.75) is 19.0 Å². The van der Waals surface area contributed by atoms with Crippen LogP contribution in [-0.4, -0.2) is 36.1 Å². The Bertz CT molecular complexity index is 902. The molecule has 0 atom stereocenters. The second-order valence-electron chi connectivity index (χ2n) is 6.56. The average molecular weight is 430 g/mol. The van der Waals surface area contributed by atoms with Crippen LogP contribution in [0, 0.1) is 5.92 Å². The number of nitrogens with zero attached hydrogens (tertiary/aromatic N) is 3. The largest absolute Gasteiger partial charge is 0.469 e. The molecular weight excluding hydrogens is 411 g/mol. The fourth-order valence-electron chi connectivity index (χ4n) is 3.16. The van der Waals surface area contributed by atoms with E-state index in [1.165, 1.54) is 13.4 Å². The summed E-state index contributed by atoms with van der Waals surface area (Å²) < 4.78 is 43.7.